The van der Waals surface area contributed by atoms with Crippen LogP contribution in [0.15, 0.2) is 36.4 Å². The van der Waals surface area contributed by atoms with Crippen LogP contribution in [0.2, 0.25) is 0 Å². The lowest BCUT2D eigenvalue weighted by Crippen LogP contribution is -2.15. The quantitative estimate of drug-likeness (QED) is 0.419. The van der Waals surface area contributed by atoms with Gasteiger partial charge in [0.2, 0.25) is 5.78 Å². The number of rotatable bonds is 7. The van der Waals surface area contributed by atoms with Crippen LogP contribution in [0, 0.1) is 20.8 Å². The van der Waals surface area contributed by atoms with Gasteiger partial charge in [0.1, 0.15) is 0 Å². The Morgan fingerprint density at radius 2 is 1.56 bits per heavy atom. The van der Waals surface area contributed by atoms with Gasteiger partial charge in [0.05, 0.1) is 14.2 Å². The van der Waals surface area contributed by atoms with Crippen LogP contribution in [0.25, 0.3) is 6.08 Å². The number of ether oxygens (including phenoxy) is 3. The summed E-state index contributed by atoms with van der Waals surface area (Å²) in [6.07, 6.45) is 2.88. The van der Waals surface area contributed by atoms with Gasteiger partial charge < -0.3 is 14.2 Å². The van der Waals surface area contributed by atoms with Gasteiger partial charge in [-0.25, -0.2) is 4.79 Å². The monoisotopic (exact) mass is 368 g/mol. The van der Waals surface area contributed by atoms with Crippen molar-refractivity contribution in [3.8, 4) is 11.5 Å². The molecule has 0 atom stereocenters. The number of hydrogen-bond acceptors (Lipinski definition) is 5. The zero-order chi connectivity index (χ0) is 20.0. The maximum Gasteiger partial charge on any atom is 0.331 e. The predicted octanol–water partition coefficient (Wildman–Crippen LogP) is 4.07. The molecule has 2 aromatic rings. The average Bonchev–Trinajstić information content (AvgIpc) is 2.63. The molecule has 5 nitrogen and oxygen atoms in total. The molecule has 0 amide bonds. The standard InChI is InChI=1S/C22H24O5/c1-14-10-15(2)22(16(3)11-14)18(23)13-27-21(24)9-7-17-6-8-19(25-4)20(12-17)26-5/h6-12H,13H2,1-5H3. The normalized spacial score (nSPS) is 10.7. The lowest BCUT2D eigenvalue weighted by Gasteiger charge is -2.10. The van der Waals surface area contributed by atoms with E-state index in [1.54, 1.807) is 38.5 Å². The Morgan fingerprint density at radius 3 is 2.15 bits per heavy atom. The SMILES string of the molecule is COc1ccc(C=CC(=O)OCC(=O)c2c(C)cc(C)cc2C)cc1OC. The van der Waals surface area contributed by atoms with Crippen LogP contribution in [-0.2, 0) is 9.53 Å². The fourth-order valence-electron chi connectivity index (χ4n) is 3.00. The molecule has 2 rings (SSSR count). The number of benzene rings is 2. The number of Topliss-reactive ketones (excluding diaryl/α,β-unsaturated/α-hetero) is 1. The Bertz CT molecular complexity index is 857. The highest BCUT2D eigenvalue weighted by atomic mass is 16.5. The molecule has 0 aromatic heterocycles. The first kappa shape index (κ1) is 20.2. The number of hydrogen-bond donors (Lipinski definition) is 0. The van der Waals surface area contributed by atoms with Crippen molar-refractivity contribution in [2.45, 2.75) is 20.8 Å². The molecule has 0 saturated carbocycles. The lowest BCUT2D eigenvalue weighted by atomic mass is 9.97. The van der Waals surface area contributed by atoms with Gasteiger partial charge in [0.15, 0.2) is 18.1 Å². The van der Waals surface area contributed by atoms with Gasteiger partial charge in [-0.05, 0) is 55.7 Å². The minimum absolute atomic E-state index is 0.210. The molecule has 0 unspecified atom stereocenters. The molecule has 0 bridgehead atoms. The third-order valence-corrected chi connectivity index (χ3v) is 4.12. The first-order valence-electron chi connectivity index (χ1n) is 8.53. The number of carbonyl (C=O) groups is 2. The number of methoxy groups -OCH3 is 2. The first-order chi connectivity index (χ1) is 12.8. The van der Waals surface area contributed by atoms with Crippen LogP contribution < -0.4 is 9.47 Å². The van der Waals surface area contributed by atoms with E-state index in [-0.39, 0.29) is 12.4 Å². The Morgan fingerprint density at radius 1 is 0.926 bits per heavy atom. The third kappa shape index (κ3) is 5.20. The molecule has 0 aliphatic carbocycles. The fraction of sp³-hybridized carbons (Fsp3) is 0.273. The van der Waals surface area contributed by atoms with Crippen LogP contribution in [0.1, 0.15) is 32.6 Å². The molecule has 0 aliphatic rings. The fourth-order valence-corrected chi connectivity index (χ4v) is 3.00. The Labute approximate surface area is 159 Å². The molecule has 0 heterocycles. The van der Waals surface area contributed by atoms with Gasteiger partial charge in [0, 0.05) is 11.6 Å². The van der Waals surface area contributed by atoms with Crippen molar-refractivity contribution in [2.75, 3.05) is 20.8 Å². The smallest absolute Gasteiger partial charge is 0.331 e. The maximum atomic E-state index is 12.4. The number of carbonyl (C=O) groups excluding carboxylic acids is 2. The van der Waals surface area contributed by atoms with E-state index in [0.29, 0.717) is 17.1 Å². The van der Waals surface area contributed by atoms with Crippen LogP contribution in [0.5, 0.6) is 11.5 Å². The van der Waals surface area contributed by atoms with E-state index >= 15 is 0 Å². The van der Waals surface area contributed by atoms with E-state index < -0.39 is 5.97 Å². The van der Waals surface area contributed by atoms with Crippen molar-refractivity contribution in [2.24, 2.45) is 0 Å². The van der Waals surface area contributed by atoms with Crippen molar-refractivity contribution in [1.82, 2.24) is 0 Å². The Hall–Kier alpha value is -3.08. The van der Waals surface area contributed by atoms with Crippen molar-refractivity contribution < 1.29 is 23.8 Å². The van der Waals surface area contributed by atoms with E-state index in [0.717, 1.165) is 22.3 Å². The average molecular weight is 368 g/mol. The van der Waals surface area contributed by atoms with Crippen molar-refractivity contribution in [1.29, 1.82) is 0 Å². The maximum absolute atomic E-state index is 12.4. The number of aryl methyl sites for hydroxylation is 3. The van der Waals surface area contributed by atoms with Crippen molar-refractivity contribution in [3.63, 3.8) is 0 Å². The Balaban J connectivity index is 2.00. The van der Waals surface area contributed by atoms with Crippen molar-refractivity contribution in [3.05, 3.63) is 64.2 Å². The van der Waals surface area contributed by atoms with Gasteiger partial charge in [-0.1, -0.05) is 23.8 Å². The molecular formula is C22H24O5. The minimum Gasteiger partial charge on any atom is -0.493 e. The Kier molecular flexibility index (Phi) is 6.77. The molecule has 5 heteroatoms. The minimum atomic E-state index is -0.583. The summed E-state index contributed by atoms with van der Waals surface area (Å²) in [6, 6.07) is 9.16. The summed E-state index contributed by atoms with van der Waals surface area (Å²) in [6.45, 7) is 5.45. The molecule has 0 spiro atoms. The number of esters is 1. The highest BCUT2D eigenvalue weighted by Crippen LogP contribution is 2.28. The molecule has 0 radical (unpaired) electrons. The summed E-state index contributed by atoms with van der Waals surface area (Å²) in [5.41, 5.74) is 4.22. The number of ketones is 1. The van der Waals surface area contributed by atoms with Gasteiger partial charge in [-0.15, -0.1) is 0 Å². The largest absolute Gasteiger partial charge is 0.493 e. The van der Waals surface area contributed by atoms with Crippen molar-refractivity contribution >= 4 is 17.8 Å². The molecule has 0 fully saturated rings. The summed E-state index contributed by atoms with van der Waals surface area (Å²) in [4.78, 5) is 24.3. The molecule has 0 saturated heterocycles. The summed E-state index contributed by atoms with van der Waals surface area (Å²) in [5, 5.41) is 0. The van der Waals surface area contributed by atoms with Crippen LogP contribution in [0.4, 0.5) is 0 Å². The second-order valence-corrected chi connectivity index (χ2v) is 6.25. The van der Waals surface area contributed by atoms with Gasteiger partial charge in [0.25, 0.3) is 0 Å². The third-order valence-electron chi connectivity index (χ3n) is 4.12. The van der Waals surface area contributed by atoms with E-state index in [1.165, 1.54) is 6.08 Å². The van der Waals surface area contributed by atoms with Crippen LogP contribution in [-0.4, -0.2) is 32.6 Å². The van der Waals surface area contributed by atoms with Gasteiger partial charge in [-0.3, -0.25) is 4.79 Å². The zero-order valence-electron chi connectivity index (χ0n) is 16.3. The summed E-state index contributed by atoms with van der Waals surface area (Å²) < 4.78 is 15.5. The van der Waals surface area contributed by atoms with E-state index in [9.17, 15) is 9.59 Å². The summed E-state index contributed by atoms with van der Waals surface area (Å²) in [5.74, 6) is 0.374. The molecule has 0 N–H and O–H groups in total. The summed E-state index contributed by atoms with van der Waals surface area (Å²) >= 11 is 0. The second kappa shape index (κ2) is 9.03. The van der Waals surface area contributed by atoms with Crippen LogP contribution >= 0.6 is 0 Å². The first-order valence-corrected chi connectivity index (χ1v) is 8.53. The highest BCUT2D eigenvalue weighted by molar-refractivity contribution is 6.01. The predicted molar refractivity (Wildman–Crippen MR) is 105 cm³/mol. The highest BCUT2D eigenvalue weighted by Gasteiger charge is 2.14. The molecule has 0 aliphatic heterocycles. The van der Waals surface area contributed by atoms with Crippen LogP contribution in [0.3, 0.4) is 0 Å². The molecule has 142 valence electrons. The molecular weight excluding hydrogens is 344 g/mol. The molecule has 27 heavy (non-hydrogen) atoms. The molecule has 2 aromatic carbocycles. The topological polar surface area (TPSA) is 61.8 Å². The van der Waals surface area contributed by atoms with Gasteiger partial charge >= 0.3 is 5.97 Å². The van der Waals surface area contributed by atoms with E-state index in [2.05, 4.69) is 0 Å². The zero-order valence-corrected chi connectivity index (χ0v) is 16.3. The lowest BCUT2D eigenvalue weighted by molar-refractivity contribution is -0.136. The van der Waals surface area contributed by atoms with E-state index in [1.807, 2.05) is 32.9 Å². The summed E-state index contributed by atoms with van der Waals surface area (Å²) in [7, 11) is 3.10. The van der Waals surface area contributed by atoms with E-state index in [4.69, 9.17) is 14.2 Å². The van der Waals surface area contributed by atoms with Gasteiger partial charge in [-0.2, -0.15) is 0 Å². The second-order valence-electron chi connectivity index (χ2n) is 6.25.